The summed E-state index contributed by atoms with van der Waals surface area (Å²) in [4.78, 5) is 14.0. The first-order chi connectivity index (χ1) is 13.0. The highest BCUT2D eigenvalue weighted by molar-refractivity contribution is 5.86. The highest BCUT2D eigenvalue weighted by atomic mass is 16.5. The second-order valence-electron chi connectivity index (χ2n) is 6.20. The van der Waals surface area contributed by atoms with Gasteiger partial charge in [0, 0.05) is 30.4 Å². The van der Waals surface area contributed by atoms with E-state index >= 15 is 0 Å². The topological polar surface area (TPSA) is 74.2 Å². The van der Waals surface area contributed by atoms with E-state index in [9.17, 15) is 9.90 Å². The number of anilines is 1. The van der Waals surface area contributed by atoms with E-state index in [1.54, 1.807) is 12.1 Å². The van der Waals surface area contributed by atoms with Crippen molar-refractivity contribution in [2.24, 2.45) is 5.10 Å². The molecule has 0 saturated heterocycles. The highest BCUT2D eigenvalue weighted by Gasteiger charge is 2.07. The zero-order valence-corrected chi connectivity index (χ0v) is 16.3. The normalized spacial score (nSPS) is 10.8. The molecule has 1 amide bonds. The minimum atomic E-state index is -0.369. The summed E-state index contributed by atoms with van der Waals surface area (Å²) in [5, 5.41) is 14.0. The number of phenolic OH excluding ortho intramolecular Hbond substituents is 1. The van der Waals surface area contributed by atoms with Crippen molar-refractivity contribution in [2.75, 3.05) is 24.6 Å². The van der Waals surface area contributed by atoms with Gasteiger partial charge in [0.1, 0.15) is 11.5 Å². The van der Waals surface area contributed by atoms with Gasteiger partial charge in [0.2, 0.25) is 0 Å². The van der Waals surface area contributed by atoms with Crippen LogP contribution in [0.1, 0.15) is 30.5 Å². The van der Waals surface area contributed by atoms with Gasteiger partial charge in [-0.2, -0.15) is 5.10 Å². The van der Waals surface area contributed by atoms with Crippen molar-refractivity contribution in [2.45, 2.75) is 27.7 Å². The Kier molecular flexibility index (Phi) is 7.23. The minimum absolute atomic E-state index is 0.115. The Labute approximate surface area is 160 Å². The molecule has 2 aromatic rings. The lowest BCUT2D eigenvalue weighted by Crippen LogP contribution is -2.24. The number of amides is 1. The van der Waals surface area contributed by atoms with Crippen LogP contribution in [0.3, 0.4) is 0 Å². The van der Waals surface area contributed by atoms with Crippen LogP contribution in [0.5, 0.6) is 11.5 Å². The fourth-order valence-corrected chi connectivity index (χ4v) is 2.66. The summed E-state index contributed by atoms with van der Waals surface area (Å²) < 4.78 is 5.53. The Hall–Kier alpha value is -3.02. The first-order valence-electron chi connectivity index (χ1n) is 9.05. The summed E-state index contributed by atoms with van der Waals surface area (Å²) in [7, 11) is 0. The number of nitrogens with one attached hydrogen (secondary N) is 1. The van der Waals surface area contributed by atoms with E-state index in [4.69, 9.17) is 4.74 Å². The number of aryl methyl sites for hydroxylation is 1. The summed E-state index contributed by atoms with van der Waals surface area (Å²) in [6.07, 6.45) is 1.41. The lowest BCUT2D eigenvalue weighted by Gasteiger charge is -2.21. The number of carbonyl (C=O) groups is 1. The number of hydrogen-bond donors (Lipinski definition) is 2. The molecule has 0 heterocycles. The van der Waals surface area contributed by atoms with Crippen LogP contribution in [0.4, 0.5) is 5.69 Å². The van der Waals surface area contributed by atoms with Gasteiger partial charge in [-0.1, -0.05) is 12.1 Å². The van der Waals surface area contributed by atoms with Gasteiger partial charge in [-0.25, -0.2) is 5.43 Å². The molecule has 0 bridgehead atoms. The lowest BCUT2D eigenvalue weighted by atomic mass is 10.1. The van der Waals surface area contributed by atoms with Crippen LogP contribution in [-0.2, 0) is 4.79 Å². The molecule has 0 aliphatic rings. The molecule has 144 valence electrons. The molecule has 0 saturated carbocycles. The van der Waals surface area contributed by atoms with Gasteiger partial charge in [0.05, 0.1) is 6.21 Å². The summed E-state index contributed by atoms with van der Waals surface area (Å²) in [6, 6.07) is 11.1. The van der Waals surface area contributed by atoms with Crippen LogP contribution in [0.25, 0.3) is 0 Å². The zero-order chi connectivity index (χ0) is 19.8. The fourth-order valence-electron chi connectivity index (χ4n) is 2.66. The molecule has 0 aliphatic carbocycles. The molecule has 0 fully saturated rings. The zero-order valence-electron chi connectivity index (χ0n) is 16.3. The van der Waals surface area contributed by atoms with Crippen LogP contribution < -0.4 is 15.1 Å². The second kappa shape index (κ2) is 9.62. The Balaban J connectivity index is 1.91. The molecular formula is C21H27N3O3. The number of benzene rings is 2. The van der Waals surface area contributed by atoms with Crippen molar-refractivity contribution in [3.8, 4) is 11.5 Å². The van der Waals surface area contributed by atoms with Crippen LogP contribution in [0, 0.1) is 13.8 Å². The standard InChI is InChI=1S/C21H27N3O3/c1-5-24(6-2)18-11-10-17(19(25)12-18)13-22-23-21(26)14-27-20-9-7-8-15(3)16(20)4/h7-13,25H,5-6,14H2,1-4H3,(H,23,26). The monoisotopic (exact) mass is 369 g/mol. The highest BCUT2D eigenvalue weighted by Crippen LogP contribution is 2.23. The van der Waals surface area contributed by atoms with Crippen molar-refractivity contribution in [3.05, 3.63) is 53.1 Å². The number of ether oxygens (including phenoxy) is 1. The minimum Gasteiger partial charge on any atom is -0.507 e. The quantitative estimate of drug-likeness (QED) is 0.553. The van der Waals surface area contributed by atoms with Crippen molar-refractivity contribution in [3.63, 3.8) is 0 Å². The van der Waals surface area contributed by atoms with Crippen molar-refractivity contribution in [1.29, 1.82) is 0 Å². The Morgan fingerprint density at radius 1 is 1.22 bits per heavy atom. The molecule has 0 atom stereocenters. The maximum atomic E-state index is 11.9. The number of carbonyl (C=O) groups excluding carboxylic acids is 1. The van der Waals surface area contributed by atoms with E-state index in [0.29, 0.717) is 11.3 Å². The van der Waals surface area contributed by atoms with E-state index in [1.165, 1.54) is 6.21 Å². The summed E-state index contributed by atoms with van der Waals surface area (Å²) in [5.74, 6) is 0.425. The van der Waals surface area contributed by atoms with Crippen LogP contribution in [0.15, 0.2) is 41.5 Å². The summed E-state index contributed by atoms with van der Waals surface area (Å²) in [5.41, 5.74) is 5.99. The van der Waals surface area contributed by atoms with Crippen molar-refractivity contribution < 1.29 is 14.6 Å². The number of aromatic hydroxyl groups is 1. The molecule has 2 N–H and O–H groups in total. The van der Waals surface area contributed by atoms with E-state index in [-0.39, 0.29) is 18.3 Å². The van der Waals surface area contributed by atoms with Gasteiger partial charge in [-0.15, -0.1) is 0 Å². The number of hydrogen-bond acceptors (Lipinski definition) is 5. The number of rotatable bonds is 8. The maximum Gasteiger partial charge on any atom is 0.277 e. The molecule has 0 unspecified atom stereocenters. The lowest BCUT2D eigenvalue weighted by molar-refractivity contribution is -0.123. The Morgan fingerprint density at radius 3 is 2.63 bits per heavy atom. The Bertz CT molecular complexity index is 814. The van der Waals surface area contributed by atoms with Gasteiger partial charge in [0.25, 0.3) is 5.91 Å². The third-order valence-electron chi connectivity index (χ3n) is 4.45. The molecule has 0 aliphatic heterocycles. The second-order valence-corrected chi connectivity index (χ2v) is 6.20. The van der Waals surface area contributed by atoms with E-state index in [0.717, 1.165) is 29.9 Å². The predicted octanol–water partition coefficient (Wildman–Crippen LogP) is 3.38. The average Bonchev–Trinajstić information content (AvgIpc) is 2.65. The summed E-state index contributed by atoms with van der Waals surface area (Å²) >= 11 is 0. The van der Waals surface area contributed by atoms with Crippen molar-refractivity contribution >= 4 is 17.8 Å². The number of hydrazone groups is 1. The molecular weight excluding hydrogens is 342 g/mol. The van der Waals surface area contributed by atoms with E-state index in [1.807, 2.05) is 38.1 Å². The molecule has 6 nitrogen and oxygen atoms in total. The summed E-state index contributed by atoms with van der Waals surface area (Å²) in [6.45, 7) is 9.65. The van der Waals surface area contributed by atoms with Gasteiger partial charge in [0.15, 0.2) is 6.61 Å². The first kappa shape index (κ1) is 20.3. The smallest absolute Gasteiger partial charge is 0.277 e. The fraction of sp³-hybridized carbons (Fsp3) is 0.333. The maximum absolute atomic E-state index is 11.9. The third-order valence-corrected chi connectivity index (χ3v) is 4.45. The van der Waals surface area contributed by atoms with Gasteiger partial charge < -0.3 is 14.7 Å². The molecule has 0 aromatic heterocycles. The van der Waals surface area contributed by atoms with E-state index < -0.39 is 0 Å². The Morgan fingerprint density at radius 2 is 1.96 bits per heavy atom. The molecule has 6 heteroatoms. The average molecular weight is 369 g/mol. The SMILES string of the molecule is CCN(CC)c1ccc(C=NNC(=O)COc2cccc(C)c2C)c(O)c1. The van der Waals surface area contributed by atoms with Gasteiger partial charge in [-0.3, -0.25) is 4.79 Å². The molecule has 27 heavy (non-hydrogen) atoms. The molecule has 2 aromatic carbocycles. The molecule has 0 radical (unpaired) electrons. The van der Waals surface area contributed by atoms with Crippen LogP contribution >= 0.6 is 0 Å². The largest absolute Gasteiger partial charge is 0.507 e. The molecule has 2 rings (SSSR count). The third kappa shape index (κ3) is 5.48. The predicted molar refractivity (Wildman–Crippen MR) is 109 cm³/mol. The van der Waals surface area contributed by atoms with Gasteiger partial charge >= 0.3 is 0 Å². The number of phenols is 1. The van der Waals surface area contributed by atoms with Gasteiger partial charge in [-0.05, 0) is 57.0 Å². The molecule has 0 spiro atoms. The van der Waals surface area contributed by atoms with Crippen LogP contribution in [-0.4, -0.2) is 36.9 Å². The number of nitrogens with zero attached hydrogens (tertiary/aromatic N) is 2. The first-order valence-corrected chi connectivity index (χ1v) is 9.05. The van der Waals surface area contributed by atoms with E-state index in [2.05, 4.69) is 29.3 Å². The van der Waals surface area contributed by atoms with Crippen LogP contribution in [0.2, 0.25) is 0 Å². The van der Waals surface area contributed by atoms with Crippen molar-refractivity contribution in [1.82, 2.24) is 5.43 Å².